The number of aliphatic hydroxyl groups excluding tert-OH is 1. The largest absolute Gasteiger partial charge is 0.467 e. The minimum Gasteiger partial charge on any atom is -0.467 e. The van der Waals surface area contributed by atoms with Crippen LogP contribution in [0.25, 0.3) is 0 Å². The number of ether oxygens (including phenoxy) is 1. The van der Waals surface area contributed by atoms with Crippen LogP contribution >= 0.6 is 0 Å². The summed E-state index contributed by atoms with van der Waals surface area (Å²) in [5.74, 6) is 9.16. The summed E-state index contributed by atoms with van der Waals surface area (Å²) in [7, 11) is -2.01. The van der Waals surface area contributed by atoms with Crippen molar-refractivity contribution in [2.45, 2.75) is 19.4 Å². The van der Waals surface area contributed by atoms with Gasteiger partial charge in [0, 0.05) is 23.0 Å². The van der Waals surface area contributed by atoms with Crippen LogP contribution in [0.1, 0.15) is 29.3 Å². The molecule has 0 aliphatic carbocycles. The molecule has 2 N–H and O–H groups in total. The lowest BCUT2D eigenvalue weighted by Crippen LogP contribution is -2.62. The minimum atomic E-state index is -3.20. The second-order valence-electron chi connectivity index (χ2n) is 6.72. The molecule has 1 fully saturated rings. The molecule has 1 aliphatic heterocycles. The van der Waals surface area contributed by atoms with Gasteiger partial charge >= 0.3 is 5.97 Å². The predicted octanol–water partition coefficient (Wildman–Crippen LogP) is 0.130. The van der Waals surface area contributed by atoms with Gasteiger partial charge in [-0.15, -0.1) is 0 Å². The molecule has 0 saturated carbocycles. The van der Waals surface area contributed by atoms with Crippen LogP contribution in [0.4, 0.5) is 0 Å². The fraction of sp³-hybridized carbons (Fsp3) is 0.400. The van der Waals surface area contributed by atoms with Crippen LogP contribution in [0.5, 0.6) is 0 Å². The first-order chi connectivity index (χ1) is 13.2. The van der Waals surface area contributed by atoms with Crippen LogP contribution in [0, 0.1) is 29.1 Å². The van der Waals surface area contributed by atoms with E-state index in [-0.39, 0.29) is 18.1 Å². The SMILES string of the molecule is COC(=O)[C@@H](NC(=O)c1ccc(C#CC#CCCO)cc1)C1(C)CS(=O)(=O)C1. The van der Waals surface area contributed by atoms with Crippen molar-refractivity contribution in [1.29, 1.82) is 0 Å². The Morgan fingerprint density at radius 3 is 2.43 bits per heavy atom. The van der Waals surface area contributed by atoms with Crippen LogP contribution < -0.4 is 5.32 Å². The second-order valence-corrected chi connectivity index (χ2v) is 8.78. The average Bonchev–Trinajstić information content (AvgIpc) is 2.64. The highest BCUT2D eigenvalue weighted by atomic mass is 32.2. The zero-order valence-electron chi connectivity index (χ0n) is 15.6. The highest BCUT2D eigenvalue weighted by Gasteiger charge is 2.53. The van der Waals surface area contributed by atoms with E-state index < -0.39 is 33.2 Å². The quantitative estimate of drug-likeness (QED) is 0.534. The summed E-state index contributed by atoms with van der Waals surface area (Å²) in [6.07, 6.45) is 0.357. The standard InChI is InChI=1S/C20H21NO6S/c1-20(13-28(25,26)14-20)17(19(24)27-2)21-18(23)16-10-8-15(9-11-16)7-5-3-4-6-12-22/h8-11,17,22H,6,12-14H2,1-2H3,(H,21,23)/t17-/m1/s1. The van der Waals surface area contributed by atoms with E-state index in [0.717, 1.165) is 0 Å². The van der Waals surface area contributed by atoms with E-state index in [1.54, 1.807) is 31.2 Å². The van der Waals surface area contributed by atoms with Crippen molar-refractivity contribution in [1.82, 2.24) is 5.32 Å². The Bertz CT molecular complexity index is 961. The molecule has 28 heavy (non-hydrogen) atoms. The summed E-state index contributed by atoms with van der Waals surface area (Å²) in [6, 6.07) is 5.31. The maximum absolute atomic E-state index is 12.5. The minimum absolute atomic E-state index is 0.0178. The van der Waals surface area contributed by atoms with Crippen molar-refractivity contribution in [2.75, 3.05) is 25.2 Å². The number of nitrogens with one attached hydrogen (secondary N) is 1. The number of hydrogen-bond acceptors (Lipinski definition) is 6. The van der Waals surface area contributed by atoms with E-state index >= 15 is 0 Å². The number of carbonyl (C=O) groups excluding carboxylic acids is 2. The lowest BCUT2D eigenvalue weighted by atomic mass is 9.85. The topological polar surface area (TPSA) is 110 Å². The number of amides is 1. The predicted molar refractivity (Wildman–Crippen MR) is 103 cm³/mol. The third-order valence-electron chi connectivity index (χ3n) is 4.25. The second kappa shape index (κ2) is 8.92. The molecule has 1 heterocycles. The van der Waals surface area contributed by atoms with Crippen LogP contribution in [-0.4, -0.2) is 56.7 Å². The number of benzene rings is 1. The van der Waals surface area contributed by atoms with E-state index in [9.17, 15) is 18.0 Å². The molecule has 148 valence electrons. The van der Waals surface area contributed by atoms with Crippen molar-refractivity contribution < 1.29 is 27.9 Å². The van der Waals surface area contributed by atoms with Gasteiger partial charge in [-0.3, -0.25) is 4.79 Å². The first-order valence-corrected chi connectivity index (χ1v) is 10.3. The number of methoxy groups -OCH3 is 1. The fourth-order valence-corrected chi connectivity index (χ4v) is 5.21. The summed E-state index contributed by atoms with van der Waals surface area (Å²) >= 11 is 0. The van der Waals surface area contributed by atoms with Gasteiger partial charge < -0.3 is 15.2 Å². The van der Waals surface area contributed by atoms with Gasteiger partial charge in [0.1, 0.15) is 6.04 Å². The molecule has 1 atom stereocenters. The van der Waals surface area contributed by atoms with E-state index in [1.807, 2.05) is 0 Å². The molecule has 0 bridgehead atoms. The molecule has 1 saturated heterocycles. The number of esters is 1. The Hall–Kier alpha value is -2.81. The summed E-state index contributed by atoms with van der Waals surface area (Å²) in [5, 5.41) is 11.2. The maximum Gasteiger partial charge on any atom is 0.329 e. The molecule has 1 aliphatic rings. The van der Waals surface area contributed by atoms with E-state index in [2.05, 4.69) is 29.0 Å². The smallest absolute Gasteiger partial charge is 0.329 e. The normalized spacial score (nSPS) is 16.8. The van der Waals surface area contributed by atoms with Gasteiger partial charge in [-0.2, -0.15) is 0 Å². The molecular weight excluding hydrogens is 382 g/mol. The van der Waals surface area contributed by atoms with Gasteiger partial charge in [-0.25, -0.2) is 13.2 Å². The summed E-state index contributed by atoms with van der Waals surface area (Å²) < 4.78 is 27.8. The third kappa shape index (κ3) is 5.35. The van der Waals surface area contributed by atoms with Crippen molar-refractivity contribution in [3.05, 3.63) is 35.4 Å². The Morgan fingerprint density at radius 1 is 1.25 bits per heavy atom. The van der Waals surface area contributed by atoms with Gasteiger partial charge in [0.05, 0.1) is 25.2 Å². The van der Waals surface area contributed by atoms with Crippen LogP contribution in [0.2, 0.25) is 0 Å². The Kier molecular flexibility index (Phi) is 6.85. The number of rotatable bonds is 5. The molecule has 7 nitrogen and oxygen atoms in total. The molecule has 1 amide bonds. The highest BCUT2D eigenvalue weighted by Crippen LogP contribution is 2.36. The van der Waals surface area contributed by atoms with E-state index in [0.29, 0.717) is 17.5 Å². The van der Waals surface area contributed by atoms with Crippen LogP contribution in [0.3, 0.4) is 0 Å². The highest BCUT2D eigenvalue weighted by molar-refractivity contribution is 7.92. The van der Waals surface area contributed by atoms with Crippen molar-refractivity contribution >= 4 is 21.7 Å². The van der Waals surface area contributed by atoms with Gasteiger partial charge in [0.25, 0.3) is 5.91 Å². The molecule has 0 unspecified atom stereocenters. The van der Waals surface area contributed by atoms with Crippen LogP contribution in [0.15, 0.2) is 24.3 Å². The molecule has 0 radical (unpaired) electrons. The molecule has 2 rings (SSSR count). The first kappa shape index (κ1) is 21.5. The van der Waals surface area contributed by atoms with Gasteiger partial charge in [0.15, 0.2) is 9.84 Å². The molecule has 1 aromatic rings. The average molecular weight is 403 g/mol. The zero-order chi connectivity index (χ0) is 20.8. The van der Waals surface area contributed by atoms with Gasteiger partial charge in [-0.05, 0) is 36.1 Å². The summed E-state index contributed by atoms with van der Waals surface area (Å²) in [5.41, 5.74) is 0.0493. The van der Waals surface area contributed by atoms with Crippen LogP contribution in [-0.2, 0) is 19.4 Å². The Balaban J connectivity index is 2.10. The molecule has 0 spiro atoms. The Labute approximate surface area is 164 Å². The monoisotopic (exact) mass is 403 g/mol. The van der Waals surface area contributed by atoms with E-state index in [4.69, 9.17) is 9.84 Å². The summed E-state index contributed by atoms with van der Waals surface area (Å²) in [4.78, 5) is 24.6. The molecular formula is C20H21NO6S. The first-order valence-electron chi connectivity index (χ1n) is 8.50. The molecule has 0 aromatic heterocycles. The van der Waals surface area contributed by atoms with Gasteiger partial charge in [-0.1, -0.05) is 18.8 Å². The number of hydrogen-bond donors (Lipinski definition) is 2. The lowest BCUT2D eigenvalue weighted by molar-refractivity contribution is -0.145. The molecule has 1 aromatic carbocycles. The Morgan fingerprint density at radius 2 is 1.89 bits per heavy atom. The third-order valence-corrected chi connectivity index (χ3v) is 6.45. The fourth-order valence-electron chi connectivity index (χ4n) is 2.95. The van der Waals surface area contributed by atoms with Crippen molar-refractivity contribution in [3.63, 3.8) is 0 Å². The number of carbonyl (C=O) groups is 2. The maximum atomic E-state index is 12.5. The van der Waals surface area contributed by atoms with E-state index in [1.165, 1.54) is 7.11 Å². The zero-order valence-corrected chi connectivity index (χ0v) is 16.4. The molecule has 8 heteroatoms. The number of aliphatic hydroxyl groups is 1. The number of sulfone groups is 1. The van der Waals surface area contributed by atoms with Gasteiger partial charge in [0.2, 0.25) is 0 Å². The lowest BCUT2D eigenvalue weighted by Gasteiger charge is -2.42. The van der Waals surface area contributed by atoms with Crippen molar-refractivity contribution in [2.24, 2.45) is 5.41 Å². The van der Waals surface area contributed by atoms with Crippen molar-refractivity contribution in [3.8, 4) is 23.7 Å². The summed E-state index contributed by atoms with van der Waals surface area (Å²) in [6.45, 7) is 1.61.